The standard InChI is InChI=1S/C21H29ClN2O2/c22-18-7-4-17(5-8-18)6-9-20(25)23-12-2-10-21(16-23)11-13-24(21)15-19-3-1-14-26-19/h4-5,7-8,19H,1-3,6,9-16H2/t19-,21+/m1/s1. The van der Waals surface area contributed by atoms with Crippen LogP contribution in [0.25, 0.3) is 0 Å². The first-order chi connectivity index (χ1) is 12.6. The summed E-state index contributed by atoms with van der Waals surface area (Å²) < 4.78 is 5.83. The van der Waals surface area contributed by atoms with Gasteiger partial charge >= 0.3 is 0 Å². The SMILES string of the molecule is O=C(CCc1ccc(Cl)cc1)N1CCC[C@]2(CCN2C[C@H]2CCCO2)C1. The molecule has 0 bridgehead atoms. The summed E-state index contributed by atoms with van der Waals surface area (Å²) in [5.74, 6) is 0.294. The van der Waals surface area contributed by atoms with Crippen molar-refractivity contribution in [2.24, 2.45) is 0 Å². The molecule has 3 aliphatic heterocycles. The van der Waals surface area contributed by atoms with E-state index < -0.39 is 0 Å². The number of carbonyl (C=O) groups is 1. The van der Waals surface area contributed by atoms with Gasteiger partial charge in [-0.3, -0.25) is 9.69 Å². The van der Waals surface area contributed by atoms with Gasteiger partial charge in [-0.2, -0.15) is 0 Å². The molecule has 3 fully saturated rings. The number of carbonyl (C=O) groups excluding carboxylic acids is 1. The number of amides is 1. The number of rotatable bonds is 5. The number of hydrogen-bond acceptors (Lipinski definition) is 3. The van der Waals surface area contributed by atoms with Crippen LogP contribution in [0.1, 0.15) is 44.1 Å². The van der Waals surface area contributed by atoms with Crippen molar-refractivity contribution in [1.82, 2.24) is 9.80 Å². The lowest BCUT2D eigenvalue weighted by molar-refractivity contribution is -0.141. The molecule has 26 heavy (non-hydrogen) atoms. The number of likely N-dealkylation sites (tertiary alicyclic amines) is 2. The lowest BCUT2D eigenvalue weighted by Crippen LogP contribution is -2.68. The monoisotopic (exact) mass is 376 g/mol. The van der Waals surface area contributed by atoms with Crippen LogP contribution in [-0.4, -0.2) is 60.1 Å². The average molecular weight is 377 g/mol. The van der Waals surface area contributed by atoms with E-state index in [0.29, 0.717) is 18.4 Å². The molecule has 0 unspecified atom stereocenters. The van der Waals surface area contributed by atoms with Gasteiger partial charge in [-0.25, -0.2) is 0 Å². The zero-order valence-corrected chi connectivity index (χ0v) is 16.2. The number of halogens is 1. The molecular formula is C21H29ClN2O2. The van der Waals surface area contributed by atoms with Gasteiger partial charge in [-0.15, -0.1) is 0 Å². The van der Waals surface area contributed by atoms with Crippen molar-refractivity contribution in [3.8, 4) is 0 Å². The van der Waals surface area contributed by atoms with Crippen LogP contribution in [0.15, 0.2) is 24.3 Å². The maximum Gasteiger partial charge on any atom is 0.222 e. The maximum atomic E-state index is 12.8. The predicted octanol–water partition coefficient (Wildman–Crippen LogP) is 3.52. The Balaban J connectivity index is 1.31. The largest absolute Gasteiger partial charge is 0.377 e. The van der Waals surface area contributed by atoms with Crippen LogP contribution in [0.5, 0.6) is 0 Å². The normalized spacial score (nSPS) is 29.1. The highest BCUT2D eigenvalue weighted by atomic mass is 35.5. The molecule has 5 heteroatoms. The minimum atomic E-state index is 0.222. The Morgan fingerprint density at radius 1 is 1.19 bits per heavy atom. The second-order valence-corrected chi connectivity index (χ2v) is 8.54. The topological polar surface area (TPSA) is 32.8 Å². The van der Waals surface area contributed by atoms with E-state index in [2.05, 4.69) is 9.80 Å². The highest BCUT2D eigenvalue weighted by Gasteiger charge is 2.48. The molecule has 1 aromatic rings. The third kappa shape index (κ3) is 3.92. The lowest BCUT2D eigenvalue weighted by atomic mass is 9.77. The van der Waals surface area contributed by atoms with Crippen molar-refractivity contribution in [3.63, 3.8) is 0 Å². The molecule has 142 valence electrons. The average Bonchev–Trinajstić information content (AvgIpc) is 3.18. The van der Waals surface area contributed by atoms with Crippen LogP contribution >= 0.6 is 11.6 Å². The molecular weight excluding hydrogens is 348 g/mol. The molecule has 0 aromatic heterocycles. The van der Waals surface area contributed by atoms with Crippen LogP contribution in [-0.2, 0) is 16.0 Å². The van der Waals surface area contributed by atoms with E-state index in [9.17, 15) is 4.79 Å². The number of nitrogens with zero attached hydrogens (tertiary/aromatic N) is 2. The second-order valence-electron chi connectivity index (χ2n) is 8.10. The quantitative estimate of drug-likeness (QED) is 0.788. The molecule has 1 spiro atoms. The van der Waals surface area contributed by atoms with E-state index in [1.54, 1.807) is 0 Å². The summed E-state index contributed by atoms with van der Waals surface area (Å²) in [5, 5.41) is 0.745. The fraction of sp³-hybridized carbons (Fsp3) is 0.667. The third-order valence-electron chi connectivity index (χ3n) is 6.41. The first kappa shape index (κ1) is 18.3. The molecule has 2 atom stereocenters. The van der Waals surface area contributed by atoms with Crippen molar-refractivity contribution in [2.75, 3.05) is 32.8 Å². The van der Waals surface area contributed by atoms with Gasteiger partial charge in [0.25, 0.3) is 0 Å². The van der Waals surface area contributed by atoms with Crippen LogP contribution < -0.4 is 0 Å². The van der Waals surface area contributed by atoms with Crippen molar-refractivity contribution >= 4 is 17.5 Å². The van der Waals surface area contributed by atoms with E-state index in [1.165, 1.54) is 31.2 Å². The number of benzene rings is 1. The Morgan fingerprint density at radius 3 is 2.73 bits per heavy atom. The Kier molecular flexibility index (Phi) is 5.53. The maximum absolute atomic E-state index is 12.8. The Hall–Kier alpha value is -1.10. The zero-order chi connectivity index (χ0) is 18.0. The summed E-state index contributed by atoms with van der Waals surface area (Å²) in [6.45, 7) is 4.94. The summed E-state index contributed by atoms with van der Waals surface area (Å²) >= 11 is 5.94. The van der Waals surface area contributed by atoms with Gasteiger partial charge in [0.2, 0.25) is 5.91 Å². The van der Waals surface area contributed by atoms with E-state index in [0.717, 1.165) is 50.7 Å². The van der Waals surface area contributed by atoms with Gasteiger partial charge in [0, 0.05) is 49.8 Å². The Labute approximate surface area is 161 Å². The third-order valence-corrected chi connectivity index (χ3v) is 6.67. The minimum Gasteiger partial charge on any atom is -0.377 e. The molecule has 0 aliphatic carbocycles. The molecule has 3 heterocycles. The summed E-state index contributed by atoms with van der Waals surface area (Å²) in [6.07, 6.45) is 7.73. The van der Waals surface area contributed by atoms with Crippen LogP contribution in [0.4, 0.5) is 0 Å². The molecule has 4 nitrogen and oxygen atoms in total. The Morgan fingerprint density at radius 2 is 2.04 bits per heavy atom. The number of ether oxygens (including phenoxy) is 1. The molecule has 0 N–H and O–H groups in total. The van der Waals surface area contributed by atoms with Crippen molar-refractivity contribution in [1.29, 1.82) is 0 Å². The van der Waals surface area contributed by atoms with Gasteiger partial charge in [-0.1, -0.05) is 23.7 Å². The molecule has 1 amide bonds. The molecule has 4 rings (SSSR count). The summed E-state index contributed by atoms with van der Waals surface area (Å²) in [6, 6.07) is 7.83. The van der Waals surface area contributed by atoms with E-state index in [1.807, 2.05) is 24.3 Å². The summed E-state index contributed by atoms with van der Waals surface area (Å²) in [7, 11) is 0. The van der Waals surface area contributed by atoms with E-state index in [4.69, 9.17) is 16.3 Å². The minimum absolute atomic E-state index is 0.222. The number of hydrogen-bond donors (Lipinski definition) is 0. The van der Waals surface area contributed by atoms with Crippen molar-refractivity contribution < 1.29 is 9.53 Å². The van der Waals surface area contributed by atoms with E-state index >= 15 is 0 Å². The molecule has 3 saturated heterocycles. The first-order valence-corrected chi connectivity index (χ1v) is 10.4. The smallest absolute Gasteiger partial charge is 0.222 e. The fourth-order valence-corrected chi connectivity index (χ4v) is 4.88. The van der Waals surface area contributed by atoms with Crippen molar-refractivity contribution in [2.45, 2.75) is 56.6 Å². The highest BCUT2D eigenvalue weighted by molar-refractivity contribution is 6.30. The summed E-state index contributed by atoms with van der Waals surface area (Å²) in [4.78, 5) is 17.5. The number of aryl methyl sites for hydroxylation is 1. The van der Waals surface area contributed by atoms with Gasteiger partial charge < -0.3 is 9.64 Å². The second kappa shape index (κ2) is 7.87. The van der Waals surface area contributed by atoms with Crippen LogP contribution in [0, 0.1) is 0 Å². The van der Waals surface area contributed by atoms with Gasteiger partial charge in [0.15, 0.2) is 0 Å². The molecule has 0 radical (unpaired) electrons. The van der Waals surface area contributed by atoms with Crippen LogP contribution in [0.3, 0.4) is 0 Å². The summed E-state index contributed by atoms with van der Waals surface area (Å²) in [5.41, 5.74) is 1.40. The highest BCUT2D eigenvalue weighted by Crippen LogP contribution is 2.39. The lowest BCUT2D eigenvalue weighted by Gasteiger charge is -2.57. The van der Waals surface area contributed by atoms with Gasteiger partial charge in [0.1, 0.15) is 0 Å². The Bertz CT molecular complexity index is 629. The molecule has 3 aliphatic rings. The number of piperidine rings is 1. The molecule has 1 aromatic carbocycles. The predicted molar refractivity (Wildman–Crippen MR) is 103 cm³/mol. The van der Waals surface area contributed by atoms with Gasteiger partial charge in [0.05, 0.1) is 6.10 Å². The first-order valence-electron chi connectivity index (χ1n) is 10.0. The van der Waals surface area contributed by atoms with Crippen molar-refractivity contribution in [3.05, 3.63) is 34.9 Å². The molecule has 0 saturated carbocycles. The van der Waals surface area contributed by atoms with Gasteiger partial charge in [-0.05, 0) is 56.2 Å². The van der Waals surface area contributed by atoms with E-state index in [-0.39, 0.29) is 5.54 Å². The zero-order valence-electron chi connectivity index (χ0n) is 15.5. The fourth-order valence-electron chi connectivity index (χ4n) is 4.75. The van der Waals surface area contributed by atoms with Crippen LogP contribution in [0.2, 0.25) is 5.02 Å².